The number of halogens is 2. The Morgan fingerprint density at radius 3 is 2.31 bits per heavy atom. The summed E-state index contributed by atoms with van der Waals surface area (Å²) in [4.78, 5) is 28.1. The minimum absolute atomic E-state index is 0.147. The molecule has 32 heavy (non-hydrogen) atoms. The monoisotopic (exact) mass is 468 g/mol. The Labute approximate surface area is 199 Å². The number of nitrogens with zero attached hydrogens (tertiary/aromatic N) is 1. The second kappa shape index (κ2) is 11.2. The van der Waals surface area contributed by atoms with Crippen LogP contribution in [0.25, 0.3) is 0 Å². The van der Waals surface area contributed by atoms with Gasteiger partial charge in [-0.2, -0.15) is 0 Å². The van der Waals surface area contributed by atoms with Crippen LogP contribution in [0.2, 0.25) is 10.0 Å². The zero-order valence-corrected chi connectivity index (χ0v) is 19.7. The van der Waals surface area contributed by atoms with Gasteiger partial charge < -0.3 is 10.2 Å². The van der Waals surface area contributed by atoms with Gasteiger partial charge in [-0.25, -0.2) is 0 Å². The van der Waals surface area contributed by atoms with Crippen molar-refractivity contribution in [1.29, 1.82) is 0 Å². The zero-order valence-electron chi connectivity index (χ0n) is 18.1. The average Bonchev–Trinajstić information content (AvgIpc) is 2.77. The van der Waals surface area contributed by atoms with Gasteiger partial charge >= 0.3 is 0 Å². The van der Waals surface area contributed by atoms with E-state index in [1.165, 1.54) is 0 Å². The standard InChI is InChI=1S/C26H26Cl2N2O2/c1-18-7-6-10-20(13-18)15-25(31)30(17-21-11-12-22(27)16-23(21)28)24(26(32)29-2)14-19-8-4-3-5-9-19/h3-13,16,24H,14-15,17H2,1-2H3,(H,29,32)/t24-/m1/s1. The smallest absolute Gasteiger partial charge is 0.242 e. The van der Waals surface area contributed by atoms with E-state index in [9.17, 15) is 9.59 Å². The fraction of sp³-hybridized carbons (Fsp3) is 0.231. The second-order valence-corrected chi connectivity index (χ2v) is 8.59. The summed E-state index contributed by atoms with van der Waals surface area (Å²) in [6, 6.07) is 22.0. The maximum Gasteiger partial charge on any atom is 0.242 e. The molecule has 0 saturated heterocycles. The number of likely N-dealkylation sites (N-methyl/N-ethyl adjacent to an activating group) is 1. The van der Waals surface area contributed by atoms with Gasteiger partial charge in [-0.05, 0) is 35.7 Å². The topological polar surface area (TPSA) is 49.4 Å². The highest BCUT2D eigenvalue weighted by Gasteiger charge is 2.30. The van der Waals surface area contributed by atoms with E-state index in [2.05, 4.69) is 5.32 Å². The van der Waals surface area contributed by atoms with Crippen LogP contribution in [0.3, 0.4) is 0 Å². The van der Waals surface area contributed by atoms with E-state index in [1.54, 1.807) is 30.1 Å². The molecule has 3 aromatic rings. The van der Waals surface area contributed by atoms with Crippen molar-refractivity contribution < 1.29 is 9.59 Å². The Morgan fingerprint density at radius 1 is 0.938 bits per heavy atom. The molecule has 0 aliphatic carbocycles. The van der Waals surface area contributed by atoms with E-state index in [1.807, 2.05) is 61.5 Å². The van der Waals surface area contributed by atoms with Gasteiger partial charge in [0.25, 0.3) is 0 Å². The minimum atomic E-state index is -0.688. The summed E-state index contributed by atoms with van der Waals surface area (Å²) in [5.74, 6) is -0.373. The first-order valence-electron chi connectivity index (χ1n) is 10.4. The molecule has 0 aliphatic heterocycles. The van der Waals surface area contributed by atoms with E-state index in [-0.39, 0.29) is 24.8 Å². The average molecular weight is 469 g/mol. The molecule has 0 spiro atoms. The molecule has 0 aromatic heterocycles. The lowest BCUT2D eigenvalue weighted by atomic mass is 10.0. The van der Waals surface area contributed by atoms with Crippen molar-refractivity contribution >= 4 is 35.0 Å². The van der Waals surface area contributed by atoms with Gasteiger partial charge in [0.15, 0.2) is 0 Å². The van der Waals surface area contributed by atoms with Crippen molar-refractivity contribution in [2.75, 3.05) is 7.05 Å². The van der Waals surface area contributed by atoms with E-state index < -0.39 is 6.04 Å². The van der Waals surface area contributed by atoms with E-state index in [0.29, 0.717) is 16.5 Å². The molecule has 4 nitrogen and oxygen atoms in total. The summed E-state index contributed by atoms with van der Waals surface area (Å²) in [5, 5.41) is 3.69. The molecule has 0 heterocycles. The van der Waals surface area contributed by atoms with Crippen LogP contribution >= 0.6 is 23.2 Å². The molecular formula is C26H26Cl2N2O2. The van der Waals surface area contributed by atoms with Crippen LogP contribution in [0.5, 0.6) is 0 Å². The molecule has 0 radical (unpaired) electrons. The van der Waals surface area contributed by atoms with Crippen LogP contribution in [0, 0.1) is 6.92 Å². The number of hydrogen-bond donors (Lipinski definition) is 1. The molecular weight excluding hydrogens is 443 g/mol. The molecule has 1 atom stereocenters. The molecule has 6 heteroatoms. The van der Waals surface area contributed by atoms with Gasteiger partial charge in [0, 0.05) is 30.1 Å². The number of hydrogen-bond acceptors (Lipinski definition) is 2. The van der Waals surface area contributed by atoms with Crippen molar-refractivity contribution in [3.05, 3.63) is 105 Å². The number of nitrogens with one attached hydrogen (secondary N) is 1. The van der Waals surface area contributed by atoms with Gasteiger partial charge in [0.1, 0.15) is 6.04 Å². The summed E-state index contributed by atoms with van der Waals surface area (Å²) in [6.45, 7) is 2.19. The van der Waals surface area contributed by atoms with E-state index in [4.69, 9.17) is 23.2 Å². The summed E-state index contributed by atoms with van der Waals surface area (Å²) in [5.41, 5.74) is 3.68. The summed E-state index contributed by atoms with van der Waals surface area (Å²) in [7, 11) is 1.58. The van der Waals surface area contributed by atoms with Gasteiger partial charge in [0.05, 0.1) is 6.42 Å². The van der Waals surface area contributed by atoms with Crippen LogP contribution < -0.4 is 5.32 Å². The number of amides is 2. The molecule has 0 fully saturated rings. The second-order valence-electron chi connectivity index (χ2n) is 7.74. The Hall–Kier alpha value is -2.82. The number of carbonyl (C=O) groups excluding carboxylic acids is 2. The highest BCUT2D eigenvalue weighted by Crippen LogP contribution is 2.24. The van der Waals surface area contributed by atoms with E-state index in [0.717, 1.165) is 22.3 Å². The first kappa shape index (κ1) is 23.8. The maximum atomic E-state index is 13.5. The fourth-order valence-corrected chi connectivity index (χ4v) is 4.12. The largest absolute Gasteiger partial charge is 0.357 e. The maximum absolute atomic E-state index is 13.5. The Bertz CT molecular complexity index is 1090. The lowest BCUT2D eigenvalue weighted by Crippen LogP contribution is -2.50. The molecule has 0 bridgehead atoms. The summed E-state index contributed by atoms with van der Waals surface area (Å²) in [6.07, 6.45) is 0.584. The third-order valence-corrected chi connectivity index (χ3v) is 5.90. The Morgan fingerprint density at radius 2 is 1.66 bits per heavy atom. The SMILES string of the molecule is CNC(=O)[C@@H](Cc1ccccc1)N(Cc1ccc(Cl)cc1Cl)C(=O)Cc1cccc(C)c1. The Balaban J connectivity index is 1.97. The summed E-state index contributed by atoms with van der Waals surface area (Å²) >= 11 is 12.5. The predicted molar refractivity (Wildman–Crippen MR) is 130 cm³/mol. The molecule has 3 rings (SSSR count). The Kier molecular flexibility index (Phi) is 8.32. The zero-order chi connectivity index (χ0) is 23.1. The summed E-state index contributed by atoms with van der Waals surface area (Å²) < 4.78 is 0. The van der Waals surface area contributed by atoms with Crippen molar-refractivity contribution in [3.63, 3.8) is 0 Å². The highest BCUT2D eigenvalue weighted by molar-refractivity contribution is 6.35. The number of benzene rings is 3. The molecule has 1 N–H and O–H groups in total. The lowest BCUT2D eigenvalue weighted by Gasteiger charge is -2.31. The van der Waals surface area contributed by atoms with Crippen molar-refractivity contribution in [3.8, 4) is 0 Å². The van der Waals surface area contributed by atoms with Gasteiger partial charge in [-0.1, -0.05) is 89.4 Å². The molecule has 0 saturated carbocycles. The van der Waals surface area contributed by atoms with Crippen LogP contribution in [-0.2, 0) is 29.0 Å². The van der Waals surface area contributed by atoms with Gasteiger partial charge in [0.2, 0.25) is 11.8 Å². The third-order valence-electron chi connectivity index (χ3n) is 5.31. The molecule has 2 amide bonds. The first-order valence-corrected chi connectivity index (χ1v) is 11.2. The number of carbonyl (C=O) groups is 2. The fourth-order valence-electron chi connectivity index (χ4n) is 3.65. The van der Waals surface area contributed by atoms with E-state index >= 15 is 0 Å². The molecule has 166 valence electrons. The quantitative estimate of drug-likeness (QED) is 0.491. The minimum Gasteiger partial charge on any atom is -0.357 e. The number of aryl methyl sites for hydroxylation is 1. The van der Waals surface area contributed by atoms with Crippen molar-refractivity contribution in [2.45, 2.75) is 32.4 Å². The predicted octanol–water partition coefficient (Wildman–Crippen LogP) is 5.23. The first-order chi connectivity index (χ1) is 15.4. The lowest BCUT2D eigenvalue weighted by molar-refractivity contribution is -0.140. The molecule has 3 aromatic carbocycles. The number of rotatable bonds is 8. The third kappa shape index (κ3) is 6.35. The molecule has 0 unspecified atom stereocenters. The van der Waals surface area contributed by atoms with Crippen LogP contribution in [0.1, 0.15) is 22.3 Å². The van der Waals surface area contributed by atoms with Gasteiger partial charge in [-0.3, -0.25) is 9.59 Å². The van der Waals surface area contributed by atoms with Gasteiger partial charge in [-0.15, -0.1) is 0 Å². The normalized spacial score (nSPS) is 11.6. The highest BCUT2D eigenvalue weighted by atomic mass is 35.5. The van der Waals surface area contributed by atoms with Crippen LogP contribution in [-0.4, -0.2) is 29.8 Å². The van der Waals surface area contributed by atoms with Crippen molar-refractivity contribution in [2.24, 2.45) is 0 Å². The van der Waals surface area contributed by atoms with Crippen LogP contribution in [0.15, 0.2) is 72.8 Å². The van der Waals surface area contributed by atoms with Crippen molar-refractivity contribution in [1.82, 2.24) is 10.2 Å². The molecule has 0 aliphatic rings. The van der Waals surface area contributed by atoms with Crippen LogP contribution in [0.4, 0.5) is 0 Å².